The number of likely N-dealkylation sites (tertiary alicyclic amines) is 1. The van der Waals surface area contributed by atoms with Crippen molar-refractivity contribution in [3.8, 4) is 0 Å². The summed E-state index contributed by atoms with van der Waals surface area (Å²) in [5.74, 6) is 0. The van der Waals surface area contributed by atoms with Gasteiger partial charge >= 0.3 is 0 Å². The number of nitrogens with zero attached hydrogens (tertiary/aromatic N) is 1. The third kappa shape index (κ3) is 4.78. The molecule has 1 fully saturated rings. The number of ether oxygens (including phenoxy) is 1. The standard InChI is InChI=1S/C12H24N2O/c1-4-13-8-11(2)9-14-7-5-6-12(10-14)15-3/h12-13H,2,4-10H2,1,3H3. The Balaban J connectivity index is 2.22. The van der Waals surface area contributed by atoms with E-state index < -0.39 is 0 Å². The van der Waals surface area contributed by atoms with Crippen LogP contribution in [0.4, 0.5) is 0 Å². The Morgan fingerprint density at radius 2 is 2.40 bits per heavy atom. The fourth-order valence-electron chi connectivity index (χ4n) is 2.02. The molecule has 1 aliphatic rings. The Kier molecular flexibility index (Phi) is 5.91. The first-order valence-electron chi connectivity index (χ1n) is 5.88. The maximum atomic E-state index is 5.40. The van der Waals surface area contributed by atoms with Crippen LogP contribution in [0, 0.1) is 0 Å². The molecule has 1 rings (SSSR count). The molecule has 1 heterocycles. The maximum absolute atomic E-state index is 5.40. The summed E-state index contributed by atoms with van der Waals surface area (Å²) in [6, 6.07) is 0. The zero-order valence-electron chi connectivity index (χ0n) is 10.1. The number of methoxy groups -OCH3 is 1. The SMILES string of the molecule is C=C(CNCC)CN1CCCC(OC)C1. The first-order chi connectivity index (χ1) is 7.26. The van der Waals surface area contributed by atoms with Gasteiger partial charge in [0.15, 0.2) is 0 Å². The Bertz CT molecular complexity index is 194. The normalized spacial score (nSPS) is 22.9. The van der Waals surface area contributed by atoms with E-state index in [0.717, 1.165) is 26.2 Å². The molecule has 0 spiro atoms. The van der Waals surface area contributed by atoms with E-state index in [2.05, 4.69) is 23.7 Å². The van der Waals surface area contributed by atoms with E-state index >= 15 is 0 Å². The smallest absolute Gasteiger partial charge is 0.0698 e. The number of nitrogens with one attached hydrogen (secondary N) is 1. The van der Waals surface area contributed by atoms with Crippen molar-refractivity contribution in [2.45, 2.75) is 25.9 Å². The van der Waals surface area contributed by atoms with E-state index in [1.807, 2.05) is 7.11 Å². The molecule has 0 amide bonds. The zero-order valence-corrected chi connectivity index (χ0v) is 10.1. The van der Waals surface area contributed by atoms with Gasteiger partial charge in [-0.1, -0.05) is 13.5 Å². The van der Waals surface area contributed by atoms with Crippen LogP contribution in [0.2, 0.25) is 0 Å². The number of rotatable bonds is 6. The van der Waals surface area contributed by atoms with Gasteiger partial charge in [0.2, 0.25) is 0 Å². The second kappa shape index (κ2) is 6.99. The molecule has 0 bridgehead atoms. The van der Waals surface area contributed by atoms with Crippen molar-refractivity contribution < 1.29 is 4.74 Å². The van der Waals surface area contributed by atoms with Crippen molar-refractivity contribution in [3.63, 3.8) is 0 Å². The first kappa shape index (κ1) is 12.7. The highest BCUT2D eigenvalue weighted by atomic mass is 16.5. The van der Waals surface area contributed by atoms with E-state index in [9.17, 15) is 0 Å². The summed E-state index contributed by atoms with van der Waals surface area (Å²) in [6.07, 6.45) is 2.87. The lowest BCUT2D eigenvalue weighted by atomic mass is 10.1. The number of hydrogen-bond donors (Lipinski definition) is 1. The van der Waals surface area contributed by atoms with Crippen molar-refractivity contribution in [2.75, 3.05) is 39.8 Å². The highest BCUT2D eigenvalue weighted by molar-refractivity contribution is 5.00. The van der Waals surface area contributed by atoms with Crippen molar-refractivity contribution >= 4 is 0 Å². The maximum Gasteiger partial charge on any atom is 0.0698 e. The second-order valence-corrected chi connectivity index (χ2v) is 4.27. The summed E-state index contributed by atoms with van der Waals surface area (Å²) in [5.41, 5.74) is 1.27. The Morgan fingerprint density at radius 1 is 1.60 bits per heavy atom. The molecule has 1 atom stereocenters. The molecular weight excluding hydrogens is 188 g/mol. The van der Waals surface area contributed by atoms with Crippen LogP contribution in [-0.2, 0) is 4.74 Å². The van der Waals surface area contributed by atoms with Gasteiger partial charge in [0.25, 0.3) is 0 Å². The van der Waals surface area contributed by atoms with Crippen molar-refractivity contribution in [3.05, 3.63) is 12.2 Å². The number of hydrogen-bond acceptors (Lipinski definition) is 3. The minimum atomic E-state index is 0.422. The Morgan fingerprint density at radius 3 is 3.07 bits per heavy atom. The van der Waals surface area contributed by atoms with Gasteiger partial charge < -0.3 is 10.1 Å². The van der Waals surface area contributed by atoms with Crippen molar-refractivity contribution in [1.82, 2.24) is 10.2 Å². The quantitative estimate of drug-likeness (QED) is 0.671. The van der Waals surface area contributed by atoms with Crippen LogP contribution >= 0.6 is 0 Å². The lowest BCUT2D eigenvalue weighted by Crippen LogP contribution is -2.40. The van der Waals surface area contributed by atoms with Gasteiger partial charge in [-0.05, 0) is 31.5 Å². The molecule has 1 aliphatic heterocycles. The first-order valence-corrected chi connectivity index (χ1v) is 5.88. The zero-order chi connectivity index (χ0) is 11.1. The predicted octanol–water partition coefficient (Wildman–Crippen LogP) is 1.26. The van der Waals surface area contributed by atoms with Gasteiger partial charge in [-0.3, -0.25) is 4.90 Å². The van der Waals surface area contributed by atoms with Crippen LogP contribution in [0.15, 0.2) is 12.2 Å². The molecule has 0 radical (unpaired) electrons. The van der Waals surface area contributed by atoms with Crippen molar-refractivity contribution in [1.29, 1.82) is 0 Å². The van der Waals surface area contributed by atoms with Gasteiger partial charge in [-0.15, -0.1) is 0 Å². The minimum Gasteiger partial charge on any atom is -0.380 e. The molecule has 1 saturated heterocycles. The van der Waals surface area contributed by atoms with Gasteiger partial charge in [-0.2, -0.15) is 0 Å². The third-order valence-corrected chi connectivity index (χ3v) is 2.87. The number of likely N-dealkylation sites (N-methyl/N-ethyl adjacent to an activating group) is 1. The summed E-state index contributed by atoms with van der Waals surface area (Å²) in [6.45, 7) is 11.4. The average molecular weight is 212 g/mol. The molecule has 0 saturated carbocycles. The van der Waals surface area contributed by atoms with E-state index in [0.29, 0.717) is 6.10 Å². The molecule has 0 aromatic heterocycles. The monoisotopic (exact) mass is 212 g/mol. The molecule has 3 nitrogen and oxygen atoms in total. The van der Waals surface area contributed by atoms with Gasteiger partial charge in [-0.25, -0.2) is 0 Å². The summed E-state index contributed by atoms with van der Waals surface area (Å²) in [7, 11) is 1.81. The van der Waals surface area contributed by atoms with E-state index in [1.165, 1.54) is 25.0 Å². The van der Waals surface area contributed by atoms with E-state index in [1.54, 1.807) is 0 Å². The van der Waals surface area contributed by atoms with E-state index in [-0.39, 0.29) is 0 Å². The summed E-state index contributed by atoms with van der Waals surface area (Å²) in [4.78, 5) is 2.44. The molecule has 0 aliphatic carbocycles. The van der Waals surface area contributed by atoms with Gasteiger partial charge in [0.1, 0.15) is 0 Å². The Hall–Kier alpha value is -0.380. The molecule has 88 valence electrons. The summed E-state index contributed by atoms with van der Waals surface area (Å²) in [5, 5.41) is 3.31. The topological polar surface area (TPSA) is 24.5 Å². The lowest BCUT2D eigenvalue weighted by molar-refractivity contribution is 0.0347. The molecule has 15 heavy (non-hydrogen) atoms. The highest BCUT2D eigenvalue weighted by Crippen LogP contribution is 2.13. The van der Waals surface area contributed by atoms with Crippen LogP contribution in [0.3, 0.4) is 0 Å². The largest absolute Gasteiger partial charge is 0.380 e. The Labute approximate surface area is 93.5 Å². The molecule has 1 unspecified atom stereocenters. The average Bonchev–Trinajstić information content (AvgIpc) is 2.26. The molecule has 1 N–H and O–H groups in total. The van der Waals surface area contributed by atoms with Crippen LogP contribution in [0.25, 0.3) is 0 Å². The fraction of sp³-hybridized carbons (Fsp3) is 0.833. The highest BCUT2D eigenvalue weighted by Gasteiger charge is 2.19. The van der Waals surface area contributed by atoms with Gasteiger partial charge in [0, 0.05) is 26.7 Å². The minimum absolute atomic E-state index is 0.422. The molecule has 0 aromatic carbocycles. The number of piperidine rings is 1. The second-order valence-electron chi connectivity index (χ2n) is 4.27. The van der Waals surface area contributed by atoms with Crippen LogP contribution in [0.1, 0.15) is 19.8 Å². The molecule has 0 aromatic rings. The van der Waals surface area contributed by atoms with Gasteiger partial charge in [0.05, 0.1) is 6.10 Å². The summed E-state index contributed by atoms with van der Waals surface area (Å²) >= 11 is 0. The van der Waals surface area contributed by atoms with E-state index in [4.69, 9.17) is 4.74 Å². The molecule has 3 heteroatoms. The molecular formula is C12H24N2O. The summed E-state index contributed by atoms with van der Waals surface area (Å²) < 4.78 is 5.40. The van der Waals surface area contributed by atoms with Crippen molar-refractivity contribution in [2.24, 2.45) is 0 Å². The fourth-order valence-corrected chi connectivity index (χ4v) is 2.02. The predicted molar refractivity (Wildman–Crippen MR) is 64.2 cm³/mol. The van der Waals surface area contributed by atoms with Crippen LogP contribution < -0.4 is 5.32 Å². The van der Waals surface area contributed by atoms with Crippen LogP contribution in [-0.4, -0.2) is 50.8 Å². The lowest BCUT2D eigenvalue weighted by Gasteiger charge is -2.32. The third-order valence-electron chi connectivity index (χ3n) is 2.87. The van der Waals surface area contributed by atoms with Crippen LogP contribution in [0.5, 0.6) is 0 Å².